The molecule has 30 heavy (non-hydrogen) atoms. The first-order valence-corrected chi connectivity index (χ1v) is 11.3. The van der Waals surface area contributed by atoms with Gasteiger partial charge in [-0.2, -0.15) is 4.37 Å². The monoisotopic (exact) mass is 429 g/mol. The van der Waals surface area contributed by atoms with Crippen molar-refractivity contribution in [2.75, 3.05) is 43.4 Å². The van der Waals surface area contributed by atoms with Crippen molar-refractivity contribution in [1.82, 2.24) is 19.6 Å². The zero-order valence-electron chi connectivity index (χ0n) is 18.0. The van der Waals surface area contributed by atoms with Crippen molar-refractivity contribution in [2.24, 2.45) is 4.99 Å². The molecule has 0 bridgehead atoms. The number of aromatic nitrogens is 2. The number of anilines is 2. The van der Waals surface area contributed by atoms with E-state index in [-0.39, 0.29) is 5.91 Å². The molecule has 8 nitrogen and oxygen atoms in total. The Morgan fingerprint density at radius 1 is 1.17 bits per heavy atom. The van der Waals surface area contributed by atoms with E-state index in [1.54, 1.807) is 0 Å². The first kappa shape index (κ1) is 22.0. The summed E-state index contributed by atoms with van der Waals surface area (Å²) in [7, 11) is 1.82. The number of rotatable bonds is 7. The Morgan fingerprint density at radius 2 is 1.90 bits per heavy atom. The number of piperazine rings is 1. The van der Waals surface area contributed by atoms with Crippen LogP contribution < -0.4 is 15.5 Å². The second-order valence-corrected chi connectivity index (χ2v) is 7.95. The molecule has 0 spiro atoms. The van der Waals surface area contributed by atoms with E-state index in [0.717, 1.165) is 67.2 Å². The highest BCUT2D eigenvalue weighted by molar-refractivity contribution is 7.09. The van der Waals surface area contributed by atoms with Crippen LogP contribution in [0.2, 0.25) is 0 Å². The number of nitrogens with zero attached hydrogens (tertiary/aromatic N) is 5. The fraction of sp³-hybridized carbons (Fsp3) is 0.524. The Hall–Kier alpha value is -2.68. The van der Waals surface area contributed by atoms with Crippen LogP contribution in [0.1, 0.15) is 38.1 Å². The van der Waals surface area contributed by atoms with Gasteiger partial charge in [-0.3, -0.25) is 9.79 Å². The SMILES string of the molecule is CCCC(=O)Nc1ccc(CNC(=NC)N2CCN(c3nc(CC)ns3)CC2)cc1. The molecule has 1 aliphatic rings. The van der Waals surface area contributed by atoms with Crippen molar-refractivity contribution in [3.63, 3.8) is 0 Å². The Kier molecular flexibility index (Phi) is 8.01. The maximum Gasteiger partial charge on any atom is 0.224 e. The van der Waals surface area contributed by atoms with Gasteiger partial charge in [-0.05, 0) is 24.1 Å². The summed E-state index contributed by atoms with van der Waals surface area (Å²) >= 11 is 1.49. The van der Waals surface area contributed by atoms with Crippen molar-refractivity contribution in [1.29, 1.82) is 0 Å². The molecule has 162 valence electrons. The third-order valence-corrected chi connectivity index (χ3v) is 5.82. The number of amides is 1. The summed E-state index contributed by atoms with van der Waals surface area (Å²) in [4.78, 5) is 25.3. The number of hydrogen-bond donors (Lipinski definition) is 2. The Balaban J connectivity index is 1.47. The summed E-state index contributed by atoms with van der Waals surface area (Å²) in [6, 6.07) is 7.94. The zero-order chi connectivity index (χ0) is 21.3. The quantitative estimate of drug-likeness (QED) is 0.520. The standard InChI is InChI=1S/C21H31N7OS/c1-4-6-19(29)24-17-9-7-16(8-10-17)15-23-20(22-3)27-11-13-28(14-12-27)21-25-18(5-2)26-30-21/h7-10H,4-6,11-15H2,1-3H3,(H,22,23)(H,24,29). The van der Waals surface area contributed by atoms with Gasteiger partial charge in [0.1, 0.15) is 5.82 Å². The summed E-state index contributed by atoms with van der Waals surface area (Å²) in [6.45, 7) is 8.37. The lowest BCUT2D eigenvalue weighted by Crippen LogP contribution is -2.52. The molecule has 1 amide bonds. The molecule has 0 atom stereocenters. The normalized spacial score (nSPS) is 14.7. The van der Waals surface area contributed by atoms with Gasteiger partial charge >= 0.3 is 0 Å². The van der Waals surface area contributed by atoms with Gasteiger partial charge in [-0.15, -0.1) is 0 Å². The number of carbonyl (C=O) groups is 1. The third kappa shape index (κ3) is 5.91. The summed E-state index contributed by atoms with van der Waals surface area (Å²) in [5, 5.41) is 7.38. The molecule has 1 aliphatic heterocycles. The number of carbonyl (C=O) groups excluding carboxylic acids is 1. The lowest BCUT2D eigenvalue weighted by Gasteiger charge is -2.36. The van der Waals surface area contributed by atoms with Crippen molar-refractivity contribution in [3.05, 3.63) is 35.7 Å². The summed E-state index contributed by atoms with van der Waals surface area (Å²) in [5.74, 6) is 1.88. The first-order chi connectivity index (χ1) is 14.6. The number of aliphatic imine (C=N–C) groups is 1. The Morgan fingerprint density at radius 3 is 2.50 bits per heavy atom. The number of hydrogen-bond acceptors (Lipinski definition) is 6. The number of nitrogens with one attached hydrogen (secondary N) is 2. The molecule has 2 heterocycles. The molecule has 1 fully saturated rings. The summed E-state index contributed by atoms with van der Waals surface area (Å²) in [5.41, 5.74) is 1.98. The van der Waals surface area contributed by atoms with Gasteiger partial charge in [-0.1, -0.05) is 26.0 Å². The highest BCUT2D eigenvalue weighted by Crippen LogP contribution is 2.19. The van der Waals surface area contributed by atoms with Gasteiger partial charge in [0.2, 0.25) is 11.0 Å². The molecule has 3 rings (SSSR count). The number of benzene rings is 1. The van der Waals surface area contributed by atoms with Gasteiger partial charge in [-0.25, -0.2) is 4.98 Å². The van der Waals surface area contributed by atoms with E-state index in [1.165, 1.54) is 11.5 Å². The van der Waals surface area contributed by atoms with Crippen molar-refractivity contribution >= 4 is 34.2 Å². The predicted molar refractivity (Wildman–Crippen MR) is 123 cm³/mol. The van der Waals surface area contributed by atoms with E-state index in [9.17, 15) is 4.79 Å². The Labute approximate surface area is 182 Å². The highest BCUT2D eigenvalue weighted by atomic mass is 32.1. The van der Waals surface area contributed by atoms with Crippen LogP contribution in [0.3, 0.4) is 0 Å². The minimum Gasteiger partial charge on any atom is -0.352 e. The predicted octanol–water partition coefficient (Wildman–Crippen LogP) is 2.74. The van der Waals surface area contributed by atoms with Gasteiger partial charge in [0, 0.05) is 69.8 Å². The van der Waals surface area contributed by atoms with Crippen LogP contribution in [0.15, 0.2) is 29.3 Å². The average Bonchev–Trinajstić information content (AvgIpc) is 3.25. The average molecular weight is 430 g/mol. The van der Waals surface area contributed by atoms with Crippen LogP contribution in [-0.2, 0) is 17.8 Å². The second kappa shape index (κ2) is 10.9. The van der Waals surface area contributed by atoms with Crippen molar-refractivity contribution < 1.29 is 4.79 Å². The van der Waals surface area contributed by atoms with E-state index < -0.39 is 0 Å². The molecule has 0 aliphatic carbocycles. The second-order valence-electron chi connectivity index (χ2n) is 7.22. The molecule has 0 saturated carbocycles. The van der Waals surface area contributed by atoms with Crippen LogP contribution in [0, 0.1) is 0 Å². The van der Waals surface area contributed by atoms with Gasteiger partial charge < -0.3 is 20.4 Å². The van der Waals surface area contributed by atoms with Crippen LogP contribution in [0.5, 0.6) is 0 Å². The van der Waals surface area contributed by atoms with Crippen LogP contribution in [0.25, 0.3) is 0 Å². The molecular formula is C21H31N7OS. The lowest BCUT2D eigenvalue weighted by molar-refractivity contribution is -0.116. The first-order valence-electron chi connectivity index (χ1n) is 10.5. The molecule has 2 aromatic rings. The molecule has 0 radical (unpaired) electrons. The molecule has 2 N–H and O–H groups in total. The topological polar surface area (TPSA) is 85.8 Å². The zero-order valence-corrected chi connectivity index (χ0v) is 18.8. The minimum absolute atomic E-state index is 0.0577. The number of guanidine groups is 1. The smallest absolute Gasteiger partial charge is 0.224 e. The van der Waals surface area contributed by atoms with Crippen molar-refractivity contribution in [2.45, 2.75) is 39.7 Å². The fourth-order valence-corrected chi connectivity index (χ4v) is 4.10. The van der Waals surface area contributed by atoms with E-state index in [2.05, 4.69) is 41.7 Å². The Bertz CT molecular complexity index is 841. The maximum absolute atomic E-state index is 11.7. The molecular weight excluding hydrogens is 398 g/mol. The molecule has 0 unspecified atom stereocenters. The molecule has 9 heteroatoms. The van der Waals surface area contributed by atoms with E-state index in [4.69, 9.17) is 0 Å². The summed E-state index contributed by atoms with van der Waals surface area (Å²) in [6.07, 6.45) is 2.27. The molecule has 1 aromatic carbocycles. The molecule has 1 saturated heterocycles. The van der Waals surface area contributed by atoms with E-state index >= 15 is 0 Å². The third-order valence-electron chi connectivity index (χ3n) is 5.00. The molecule has 1 aromatic heterocycles. The largest absolute Gasteiger partial charge is 0.352 e. The van der Waals surface area contributed by atoms with Crippen molar-refractivity contribution in [3.8, 4) is 0 Å². The maximum atomic E-state index is 11.7. The van der Waals surface area contributed by atoms with E-state index in [1.807, 2.05) is 38.2 Å². The van der Waals surface area contributed by atoms with E-state index in [0.29, 0.717) is 13.0 Å². The minimum atomic E-state index is 0.0577. The van der Waals surface area contributed by atoms with Crippen LogP contribution in [-0.4, -0.2) is 59.4 Å². The highest BCUT2D eigenvalue weighted by Gasteiger charge is 2.22. The number of aryl methyl sites for hydroxylation is 1. The van der Waals surface area contributed by atoms with Crippen LogP contribution >= 0.6 is 11.5 Å². The van der Waals surface area contributed by atoms with Gasteiger partial charge in [0.25, 0.3) is 0 Å². The van der Waals surface area contributed by atoms with Crippen LogP contribution in [0.4, 0.5) is 10.8 Å². The summed E-state index contributed by atoms with van der Waals surface area (Å²) < 4.78 is 4.39. The fourth-order valence-electron chi connectivity index (χ4n) is 3.30. The van der Waals surface area contributed by atoms with Gasteiger partial charge in [0.15, 0.2) is 5.96 Å². The van der Waals surface area contributed by atoms with Gasteiger partial charge in [0.05, 0.1) is 0 Å². The lowest BCUT2D eigenvalue weighted by atomic mass is 10.2.